The van der Waals surface area contributed by atoms with Gasteiger partial charge in [0.15, 0.2) is 33.6 Å². The number of benzene rings is 1. The van der Waals surface area contributed by atoms with Gasteiger partial charge < -0.3 is 25.1 Å². The molecule has 3 aromatic rings. The van der Waals surface area contributed by atoms with E-state index < -0.39 is 0 Å². The minimum absolute atomic E-state index is 0.257. The van der Waals surface area contributed by atoms with Crippen molar-refractivity contribution in [3.63, 3.8) is 0 Å². The summed E-state index contributed by atoms with van der Waals surface area (Å²) in [5, 5.41) is 4.15. The van der Waals surface area contributed by atoms with Crippen molar-refractivity contribution < 1.29 is 9.47 Å². The highest BCUT2D eigenvalue weighted by atomic mass is 127. The molecule has 0 fully saturated rings. The predicted octanol–water partition coefficient (Wildman–Crippen LogP) is 2.50. The van der Waals surface area contributed by atoms with Crippen LogP contribution < -0.4 is 20.5 Å². The van der Waals surface area contributed by atoms with Crippen LogP contribution in [0.25, 0.3) is 11.2 Å². The molecule has 1 aliphatic heterocycles. The molecule has 8 nitrogen and oxygen atoms in total. The molecule has 1 aromatic carbocycles. The highest BCUT2D eigenvalue weighted by Gasteiger charge is 2.20. The Labute approximate surface area is 168 Å². The zero-order valence-corrected chi connectivity index (χ0v) is 17.0. The molecule has 3 N–H and O–H groups in total. The highest BCUT2D eigenvalue weighted by Crippen LogP contribution is 2.41. The summed E-state index contributed by atoms with van der Waals surface area (Å²) < 4.78 is 14.1. The fourth-order valence-electron chi connectivity index (χ4n) is 2.66. The van der Waals surface area contributed by atoms with Gasteiger partial charge in [-0.05, 0) is 41.3 Å². The van der Waals surface area contributed by atoms with E-state index in [1.54, 1.807) is 11.8 Å². The molecule has 3 heterocycles. The molecule has 0 aliphatic carbocycles. The molecule has 1 aliphatic rings. The van der Waals surface area contributed by atoms with Crippen molar-refractivity contribution in [2.45, 2.75) is 23.5 Å². The van der Waals surface area contributed by atoms with Crippen molar-refractivity contribution in [2.75, 3.05) is 25.6 Å². The van der Waals surface area contributed by atoms with E-state index in [0.29, 0.717) is 11.3 Å². The van der Waals surface area contributed by atoms with Crippen LogP contribution in [0.3, 0.4) is 0 Å². The molecule has 0 radical (unpaired) electrons. The Bertz CT molecular complexity index is 964. The molecule has 0 saturated carbocycles. The average Bonchev–Trinajstić information content (AvgIpc) is 3.21. The third-order valence-corrected chi connectivity index (χ3v) is 6.23. The first-order valence-electron chi connectivity index (χ1n) is 8.11. The van der Waals surface area contributed by atoms with Gasteiger partial charge >= 0.3 is 0 Å². The number of aromatic nitrogens is 4. The van der Waals surface area contributed by atoms with E-state index in [0.717, 1.165) is 50.4 Å². The summed E-state index contributed by atoms with van der Waals surface area (Å²) in [5.41, 5.74) is 7.37. The molecule has 0 saturated heterocycles. The largest absolute Gasteiger partial charge is 0.454 e. The first kappa shape index (κ1) is 17.6. The van der Waals surface area contributed by atoms with E-state index >= 15 is 0 Å². The van der Waals surface area contributed by atoms with Gasteiger partial charge in [-0.15, -0.1) is 0 Å². The third-order valence-electron chi connectivity index (χ3n) is 3.92. The molecule has 0 unspecified atom stereocenters. The van der Waals surface area contributed by atoms with Crippen molar-refractivity contribution >= 4 is 51.3 Å². The monoisotopic (exact) mass is 484 g/mol. The number of halogens is 1. The third kappa shape index (κ3) is 3.28. The maximum atomic E-state index is 6.00. The van der Waals surface area contributed by atoms with Crippen LogP contribution in [0.15, 0.2) is 28.5 Å². The fourth-order valence-corrected chi connectivity index (χ4v) is 4.37. The lowest BCUT2D eigenvalue weighted by Crippen LogP contribution is -2.19. The molecular formula is C16H17IN6O2S. The number of anilines is 1. The lowest BCUT2D eigenvalue weighted by atomic mass is 10.3. The highest BCUT2D eigenvalue weighted by molar-refractivity contribution is 14.1. The van der Waals surface area contributed by atoms with Crippen LogP contribution >= 0.6 is 34.4 Å². The topological polar surface area (TPSA) is 100 Å². The van der Waals surface area contributed by atoms with Crippen LogP contribution in [0.5, 0.6) is 11.5 Å². The quantitative estimate of drug-likeness (QED) is 0.407. The van der Waals surface area contributed by atoms with Gasteiger partial charge in [0, 0.05) is 21.6 Å². The van der Waals surface area contributed by atoms with Crippen molar-refractivity contribution in [3.8, 4) is 11.5 Å². The molecule has 0 atom stereocenters. The summed E-state index contributed by atoms with van der Waals surface area (Å²) in [4.78, 5) is 14.2. The van der Waals surface area contributed by atoms with Crippen LogP contribution in [0.2, 0.25) is 0 Å². The number of nitrogens with zero attached hydrogens (tertiary/aromatic N) is 4. The second kappa shape index (κ2) is 7.45. The number of ether oxygens (including phenoxy) is 2. The first-order chi connectivity index (χ1) is 12.7. The Morgan fingerprint density at radius 1 is 1.31 bits per heavy atom. The number of rotatable bonds is 6. The SMILES string of the molecule is CCNCCn1c(Sc2cc3c(cc2I)OCO3)nc2c(N)ncnc21. The summed E-state index contributed by atoms with van der Waals surface area (Å²) in [6, 6.07) is 3.96. The maximum Gasteiger partial charge on any atom is 0.231 e. The molecule has 4 rings (SSSR count). The zero-order valence-electron chi connectivity index (χ0n) is 14.0. The number of nitrogens with two attached hydrogens (primary N) is 1. The van der Waals surface area contributed by atoms with E-state index in [2.05, 4.69) is 49.4 Å². The van der Waals surface area contributed by atoms with Gasteiger partial charge in [0.05, 0.1) is 0 Å². The van der Waals surface area contributed by atoms with Crippen molar-refractivity contribution in [2.24, 2.45) is 0 Å². The second-order valence-corrected chi connectivity index (χ2v) is 7.74. The van der Waals surface area contributed by atoms with Crippen LogP contribution in [-0.2, 0) is 6.54 Å². The molecule has 136 valence electrons. The van der Waals surface area contributed by atoms with Crippen LogP contribution in [0.4, 0.5) is 5.82 Å². The van der Waals surface area contributed by atoms with Crippen LogP contribution in [0.1, 0.15) is 6.92 Å². The lowest BCUT2D eigenvalue weighted by Gasteiger charge is -2.10. The first-order valence-corrected chi connectivity index (χ1v) is 10.0. The molecular weight excluding hydrogens is 467 g/mol. The number of nitrogens with one attached hydrogen (secondary N) is 1. The number of fused-ring (bicyclic) bond motifs is 2. The van der Waals surface area contributed by atoms with E-state index in [9.17, 15) is 0 Å². The number of likely N-dealkylation sites (N-methyl/N-ethyl adjacent to an activating group) is 1. The van der Waals surface area contributed by atoms with Gasteiger partial charge in [0.25, 0.3) is 0 Å². The minimum atomic E-state index is 0.257. The zero-order chi connectivity index (χ0) is 18.1. The molecule has 0 amide bonds. The Balaban J connectivity index is 1.73. The number of nitrogen functional groups attached to an aromatic ring is 1. The number of hydrogen-bond donors (Lipinski definition) is 2. The fraction of sp³-hybridized carbons (Fsp3) is 0.312. The van der Waals surface area contributed by atoms with Gasteiger partial charge in [-0.3, -0.25) is 0 Å². The summed E-state index contributed by atoms with van der Waals surface area (Å²) in [5.74, 6) is 1.91. The lowest BCUT2D eigenvalue weighted by molar-refractivity contribution is 0.174. The van der Waals surface area contributed by atoms with Crippen molar-refractivity contribution in [1.29, 1.82) is 0 Å². The van der Waals surface area contributed by atoms with Crippen LogP contribution in [-0.4, -0.2) is 39.4 Å². The summed E-state index contributed by atoms with van der Waals surface area (Å²) in [7, 11) is 0. The van der Waals surface area contributed by atoms with Crippen LogP contribution in [0, 0.1) is 3.57 Å². The van der Waals surface area contributed by atoms with Crippen molar-refractivity contribution in [3.05, 3.63) is 22.0 Å². The maximum absolute atomic E-state index is 6.00. The summed E-state index contributed by atoms with van der Waals surface area (Å²) in [6.07, 6.45) is 1.47. The van der Waals surface area contributed by atoms with E-state index in [1.807, 2.05) is 12.1 Å². The minimum Gasteiger partial charge on any atom is -0.454 e. The van der Waals surface area contributed by atoms with Gasteiger partial charge in [-0.2, -0.15) is 0 Å². The summed E-state index contributed by atoms with van der Waals surface area (Å²) >= 11 is 3.85. The molecule has 2 aromatic heterocycles. The standard InChI is InChI=1S/C16H17IN6O2S/c1-2-19-3-4-23-15-13(14(18)20-7-21-15)22-16(23)26-12-6-11-10(5-9(12)17)24-8-25-11/h5-7,19H,2-4,8H2,1H3,(H2,18,20,21). The van der Waals surface area contributed by atoms with E-state index in [1.165, 1.54) is 6.33 Å². The molecule has 10 heteroatoms. The van der Waals surface area contributed by atoms with Gasteiger partial charge in [0.1, 0.15) is 6.33 Å². The van der Waals surface area contributed by atoms with Gasteiger partial charge in [-0.25, -0.2) is 15.0 Å². The molecule has 26 heavy (non-hydrogen) atoms. The Morgan fingerprint density at radius 2 is 2.12 bits per heavy atom. The molecule has 0 spiro atoms. The normalized spacial score (nSPS) is 12.8. The second-order valence-electron chi connectivity index (χ2n) is 5.57. The van der Waals surface area contributed by atoms with E-state index in [-0.39, 0.29) is 6.79 Å². The number of imidazole rings is 1. The molecule has 0 bridgehead atoms. The Hall–Kier alpha value is -1.79. The smallest absolute Gasteiger partial charge is 0.231 e. The van der Waals surface area contributed by atoms with E-state index in [4.69, 9.17) is 20.2 Å². The Morgan fingerprint density at radius 3 is 2.92 bits per heavy atom. The Kier molecular flexibility index (Phi) is 5.05. The van der Waals surface area contributed by atoms with Crippen molar-refractivity contribution in [1.82, 2.24) is 24.8 Å². The van der Waals surface area contributed by atoms with Gasteiger partial charge in [-0.1, -0.05) is 18.7 Å². The predicted molar refractivity (Wildman–Crippen MR) is 108 cm³/mol. The van der Waals surface area contributed by atoms with Gasteiger partial charge in [0.2, 0.25) is 6.79 Å². The summed E-state index contributed by atoms with van der Waals surface area (Å²) in [6.45, 7) is 4.80. The number of hydrogen-bond acceptors (Lipinski definition) is 8. The average molecular weight is 484 g/mol.